The van der Waals surface area contributed by atoms with E-state index in [1.807, 2.05) is 0 Å². The van der Waals surface area contributed by atoms with Gasteiger partial charge in [-0.25, -0.2) is 0 Å². The van der Waals surface area contributed by atoms with Gasteiger partial charge in [-0.2, -0.15) is 0 Å². The smallest absolute Gasteiger partial charge is 0.200 e. The number of aliphatic hydroxyl groups excluding tert-OH is 1. The minimum atomic E-state index is -0.487. The molecule has 100 valence electrons. The van der Waals surface area contributed by atoms with Gasteiger partial charge in [0.1, 0.15) is 0 Å². The largest absolute Gasteiger partial charge is 0.504 e. The third kappa shape index (κ3) is 2.52. The predicted molar refractivity (Wildman–Crippen MR) is 66.5 cm³/mol. The molecule has 1 aliphatic rings. The number of aromatic hydroxyl groups is 3. The Morgan fingerprint density at radius 3 is 2.61 bits per heavy atom. The molecule has 2 rings (SSSR count). The van der Waals surface area contributed by atoms with Gasteiger partial charge in [-0.3, -0.25) is 0 Å². The maximum Gasteiger partial charge on any atom is 0.200 e. The van der Waals surface area contributed by atoms with Crippen molar-refractivity contribution in [2.75, 3.05) is 6.61 Å². The van der Waals surface area contributed by atoms with Crippen molar-refractivity contribution in [3.63, 3.8) is 0 Å². The average Bonchev–Trinajstić information content (AvgIpc) is 2.82. The molecule has 0 saturated heterocycles. The van der Waals surface area contributed by atoms with Crippen molar-refractivity contribution in [1.29, 1.82) is 0 Å². The number of phenolic OH excluding ortho intramolecular Hbond substituents is 3. The predicted octanol–water partition coefficient (Wildman–Crippen LogP) is 1.05. The van der Waals surface area contributed by atoms with Crippen molar-refractivity contribution in [2.45, 2.75) is 31.8 Å². The van der Waals surface area contributed by atoms with E-state index in [9.17, 15) is 20.4 Å². The normalized spacial score (nSPS) is 23.4. The van der Waals surface area contributed by atoms with E-state index >= 15 is 0 Å². The molecule has 5 N–H and O–H groups in total. The summed E-state index contributed by atoms with van der Waals surface area (Å²) in [5.41, 5.74) is 0.536. The highest BCUT2D eigenvalue weighted by Crippen LogP contribution is 2.37. The second-order valence-corrected chi connectivity index (χ2v) is 4.80. The number of phenols is 3. The highest BCUT2D eigenvalue weighted by molar-refractivity contribution is 5.53. The summed E-state index contributed by atoms with van der Waals surface area (Å²) in [6.45, 7) is 0.575. The number of rotatable bonds is 4. The average molecular weight is 253 g/mol. The lowest BCUT2D eigenvalue weighted by Gasteiger charge is -2.19. The summed E-state index contributed by atoms with van der Waals surface area (Å²) >= 11 is 0. The van der Waals surface area contributed by atoms with E-state index in [-0.39, 0.29) is 30.1 Å². The molecule has 2 unspecified atom stereocenters. The zero-order chi connectivity index (χ0) is 13.1. The molecule has 18 heavy (non-hydrogen) atoms. The Bertz CT molecular complexity index is 422. The molecule has 0 bridgehead atoms. The van der Waals surface area contributed by atoms with Crippen LogP contribution in [-0.2, 0) is 6.54 Å². The fourth-order valence-corrected chi connectivity index (χ4v) is 2.52. The van der Waals surface area contributed by atoms with E-state index in [4.69, 9.17) is 0 Å². The summed E-state index contributed by atoms with van der Waals surface area (Å²) in [4.78, 5) is 0. The molecule has 1 aliphatic carbocycles. The molecule has 0 radical (unpaired) electrons. The second-order valence-electron chi connectivity index (χ2n) is 4.80. The van der Waals surface area contributed by atoms with E-state index in [1.54, 1.807) is 6.07 Å². The summed E-state index contributed by atoms with van der Waals surface area (Å²) in [5.74, 6) is -0.844. The fraction of sp³-hybridized carbons (Fsp3) is 0.538. The van der Waals surface area contributed by atoms with Crippen molar-refractivity contribution in [3.05, 3.63) is 17.7 Å². The lowest BCUT2D eigenvalue weighted by Crippen LogP contribution is -2.33. The first-order valence-corrected chi connectivity index (χ1v) is 6.20. The molecule has 0 spiro atoms. The van der Waals surface area contributed by atoms with Gasteiger partial charge in [-0.1, -0.05) is 12.5 Å². The van der Waals surface area contributed by atoms with Gasteiger partial charge in [0.05, 0.1) is 0 Å². The number of benzene rings is 1. The van der Waals surface area contributed by atoms with Gasteiger partial charge in [0, 0.05) is 24.8 Å². The number of hydrogen-bond donors (Lipinski definition) is 5. The molecule has 5 nitrogen and oxygen atoms in total. The van der Waals surface area contributed by atoms with Crippen molar-refractivity contribution in [1.82, 2.24) is 5.32 Å². The summed E-state index contributed by atoms with van der Waals surface area (Å²) < 4.78 is 0. The van der Waals surface area contributed by atoms with Crippen LogP contribution in [0.1, 0.15) is 24.8 Å². The molecule has 0 amide bonds. The number of nitrogens with one attached hydrogen (secondary N) is 1. The van der Waals surface area contributed by atoms with Crippen LogP contribution in [0.25, 0.3) is 0 Å². The third-order valence-corrected chi connectivity index (χ3v) is 3.66. The van der Waals surface area contributed by atoms with Crippen LogP contribution in [0, 0.1) is 5.92 Å². The van der Waals surface area contributed by atoms with Gasteiger partial charge in [0.25, 0.3) is 0 Å². The zero-order valence-electron chi connectivity index (χ0n) is 10.1. The second kappa shape index (κ2) is 5.46. The maximum atomic E-state index is 9.68. The maximum absolute atomic E-state index is 9.68. The lowest BCUT2D eigenvalue weighted by molar-refractivity contribution is 0.205. The Morgan fingerprint density at radius 2 is 1.89 bits per heavy atom. The monoisotopic (exact) mass is 253 g/mol. The Balaban J connectivity index is 2.00. The van der Waals surface area contributed by atoms with Crippen molar-refractivity contribution >= 4 is 0 Å². The molecule has 2 atom stereocenters. The minimum absolute atomic E-state index is 0.171. The first-order chi connectivity index (χ1) is 8.63. The van der Waals surface area contributed by atoms with E-state index in [0.717, 1.165) is 19.3 Å². The molecular weight excluding hydrogens is 234 g/mol. The van der Waals surface area contributed by atoms with Crippen LogP contribution in [0.5, 0.6) is 17.2 Å². The van der Waals surface area contributed by atoms with Gasteiger partial charge < -0.3 is 25.7 Å². The van der Waals surface area contributed by atoms with Crippen LogP contribution in [0.3, 0.4) is 0 Å². The third-order valence-electron chi connectivity index (χ3n) is 3.66. The van der Waals surface area contributed by atoms with Crippen molar-refractivity contribution in [3.8, 4) is 17.2 Å². The SMILES string of the molecule is OCC1CCCC1NCc1ccc(O)c(O)c1O. The molecule has 1 fully saturated rings. The molecule has 1 aromatic rings. The van der Waals surface area contributed by atoms with Crippen molar-refractivity contribution < 1.29 is 20.4 Å². The van der Waals surface area contributed by atoms with E-state index < -0.39 is 5.75 Å². The number of aliphatic hydroxyl groups is 1. The quantitative estimate of drug-likeness (QED) is 0.517. The van der Waals surface area contributed by atoms with Crippen molar-refractivity contribution in [2.24, 2.45) is 5.92 Å². The summed E-state index contributed by atoms with van der Waals surface area (Å²) in [6, 6.07) is 3.16. The Hall–Kier alpha value is -1.46. The van der Waals surface area contributed by atoms with Gasteiger partial charge in [0.15, 0.2) is 11.5 Å². The first-order valence-electron chi connectivity index (χ1n) is 6.20. The highest BCUT2D eigenvalue weighted by Gasteiger charge is 2.26. The van der Waals surface area contributed by atoms with Gasteiger partial charge >= 0.3 is 0 Å². The number of hydrogen-bond acceptors (Lipinski definition) is 5. The molecule has 0 heterocycles. The van der Waals surface area contributed by atoms with Crippen LogP contribution in [0.4, 0.5) is 0 Å². The van der Waals surface area contributed by atoms with Gasteiger partial charge in [-0.15, -0.1) is 0 Å². The van der Waals surface area contributed by atoms with Crippen LogP contribution < -0.4 is 5.32 Å². The molecule has 0 aromatic heterocycles. The van der Waals surface area contributed by atoms with E-state index in [2.05, 4.69) is 5.32 Å². The zero-order valence-corrected chi connectivity index (χ0v) is 10.1. The van der Waals surface area contributed by atoms with Crippen LogP contribution >= 0.6 is 0 Å². The topological polar surface area (TPSA) is 93.0 Å². The van der Waals surface area contributed by atoms with Crippen LogP contribution in [0.2, 0.25) is 0 Å². The summed E-state index contributed by atoms with van der Waals surface area (Å²) in [5, 5.41) is 40.8. The highest BCUT2D eigenvalue weighted by atomic mass is 16.3. The Labute approximate surface area is 106 Å². The van der Waals surface area contributed by atoms with E-state index in [0.29, 0.717) is 12.1 Å². The Kier molecular flexibility index (Phi) is 3.93. The molecule has 1 saturated carbocycles. The van der Waals surface area contributed by atoms with Gasteiger partial charge in [0.2, 0.25) is 5.75 Å². The standard InChI is InChI=1S/C13H19NO4/c15-7-9-2-1-3-10(9)14-6-8-4-5-11(16)13(18)12(8)17/h4-5,9-10,14-18H,1-3,6-7H2. The van der Waals surface area contributed by atoms with E-state index in [1.165, 1.54) is 6.07 Å². The van der Waals surface area contributed by atoms with Crippen LogP contribution in [-0.4, -0.2) is 33.1 Å². The summed E-state index contributed by atoms with van der Waals surface area (Å²) in [7, 11) is 0. The lowest BCUT2D eigenvalue weighted by atomic mass is 10.0. The first kappa shape index (κ1) is 13.0. The van der Waals surface area contributed by atoms with Gasteiger partial charge in [-0.05, 0) is 24.8 Å². The molecule has 5 heteroatoms. The Morgan fingerprint density at radius 1 is 1.11 bits per heavy atom. The van der Waals surface area contributed by atoms with Crippen LogP contribution in [0.15, 0.2) is 12.1 Å². The minimum Gasteiger partial charge on any atom is -0.504 e. The molecular formula is C13H19NO4. The fourth-order valence-electron chi connectivity index (χ4n) is 2.52. The summed E-state index contributed by atoms with van der Waals surface area (Å²) in [6.07, 6.45) is 3.12. The molecule has 0 aliphatic heterocycles. The molecule has 1 aromatic carbocycles.